The standard InChI is InChI=1S/C25H21ClN2O7S/c1-34-19-12-5-15(13-20(19)35-2)22-21(23(29)14-3-6-16(26)7-4-14)24(30)25(31)28(22)17-8-10-18(11-9-17)36(27,32)33/h3-13,22,29H,1-2H3,(H2,27,32,33). The van der Waals surface area contributed by atoms with Crippen LogP contribution >= 0.6 is 11.6 Å². The highest BCUT2D eigenvalue weighted by Crippen LogP contribution is 2.44. The second-order valence-electron chi connectivity index (χ2n) is 7.83. The molecule has 11 heteroatoms. The number of hydrogen-bond donors (Lipinski definition) is 2. The van der Waals surface area contributed by atoms with Crippen LogP contribution in [0.4, 0.5) is 5.69 Å². The van der Waals surface area contributed by atoms with Crippen LogP contribution in [0.2, 0.25) is 5.02 Å². The number of Topliss-reactive ketones (excluding diaryl/α,β-unsaturated/α-hetero) is 1. The van der Waals surface area contributed by atoms with Gasteiger partial charge in [0.2, 0.25) is 10.0 Å². The Labute approximate surface area is 212 Å². The number of benzene rings is 3. The highest BCUT2D eigenvalue weighted by molar-refractivity contribution is 7.89. The molecule has 1 atom stereocenters. The third-order valence-corrected chi connectivity index (χ3v) is 6.91. The van der Waals surface area contributed by atoms with Crippen LogP contribution in [0.1, 0.15) is 17.2 Å². The van der Waals surface area contributed by atoms with Gasteiger partial charge in [-0.1, -0.05) is 17.7 Å². The van der Waals surface area contributed by atoms with Crippen molar-refractivity contribution in [2.24, 2.45) is 5.14 Å². The van der Waals surface area contributed by atoms with Gasteiger partial charge >= 0.3 is 0 Å². The van der Waals surface area contributed by atoms with Crippen molar-refractivity contribution in [3.05, 3.63) is 88.5 Å². The van der Waals surface area contributed by atoms with Crippen molar-refractivity contribution in [3.63, 3.8) is 0 Å². The summed E-state index contributed by atoms with van der Waals surface area (Å²) in [5.41, 5.74) is 0.787. The molecule has 0 saturated carbocycles. The van der Waals surface area contributed by atoms with E-state index in [2.05, 4.69) is 0 Å². The van der Waals surface area contributed by atoms with Gasteiger partial charge in [0.05, 0.1) is 30.7 Å². The van der Waals surface area contributed by atoms with E-state index in [0.717, 1.165) is 0 Å². The summed E-state index contributed by atoms with van der Waals surface area (Å²) in [7, 11) is -1.06. The van der Waals surface area contributed by atoms with E-state index in [-0.39, 0.29) is 21.7 Å². The first-order valence-corrected chi connectivity index (χ1v) is 12.4. The molecule has 186 valence electrons. The Kier molecular flexibility index (Phi) is 6.77. The second kappa shape index (κ2) is 9.65. The van der Waals surface area contributed by atoms with Crippen molar-refractivity contribution >= 4 is 44.8 Å². The first-order valence-electron chi connectivity index (χ1n) is 10.5. The molecule has 1 heterocycles. The summed E-state index contributed by atoms with van der Waals surface area (Å²) < 4.78 is 34.1. The van der Waals surface area contributed by atoms with E-state index in [4.69, 9.17) is 26.2 Å². The molecule has 3 aromatic carbocycles. The number of anilines is 1. The topological polar surface area (TPSA) is 136 Å². The molecule has 1 fully saturated rings. The van der Waals surface area contributed by atoms with E-state index < -0.39 is 33.5 Å². The minimum absolute atomic E-state index is 0.160. The molecule has 0 bridgehead atoms. The smallest absolute Gasteiger partial charge is 0.300 e. The third-order valence-electron chi connectivity index (χ3n) is 5.73. The molecule has 0 spiro atoms. The molecule has 1 aliphatic rings. The summed E-state index contributed by atoms with van der Waals surface area (Å²) in [4.78, 5) is 27.5. The Morgan fingerprint density at radius 3 is 2.11 bits per heavy atom. The van der Waals surface area contributed by atoms with Gasteiger partial charge in [-0.25, -0.2) is 13.6 Å². The van der Waals surface area contributed by atoms with E-state index in [1.54, 1.807) is 30.3 Å². The van der Waals surface area contributed by atoms with Crippen LogP contribution in [0.5, 0.6) is 11.5 Å². The zero-order chi connectivity index (χ0) is 26.2. The molecule has 3 aromatic rings. The average molecular weight is 529 g/mol. The van der Waals surface area contributed by atoms with Gasteiger partial charge in [-0.2, -0.15) is 0 Å². The maximum Gasteiger partial charge on any atom is 0.300 e. The van der Waals surface area contributed by atoms with Gasteiger partial charge in [0, 0.05) is 16.3 Å². The lowest BCUT2D eigenvalue weighted by Crippen LogP contribution is -2.29. The van der Waals surface area contributed by atoms with E-state index in [9.17, 15) is 23.1 Å². The van der Waals surface area contributed by atoms with Gasteiger partial charge in [0.15, 0.2) is 11.5 Å². The van der Waals surface area contributed by atoms with Crippen LogP contribution < -0.4 is 19.5 Å². The number of methoxy groups -OCH3 is 2. The normalized spacial score (nSPS) is 17.3. The van der Waals surface area contributed by atoms with Crippen LogP contribution in [0.15, 0.2) is 77.2 Å². The number of rotatable bonds is 6. The monoisotopic (exact) mass is 528 g/mol. The van der Waals surface area contributed by atoms with Gasteiger partial charge in [0.1, 0.15) is 5.76 Å². The number of halogens is 1. The van der Waals surface area contributed by atoms with Gasteiger partial charge in [-0.15, -0.1) is 0 Å². The molecular formula is C25H21ClN2O7S. The van der Waals surface area contributed by atoms with E-state index in [1.165, 1.54) is 55.5 Å². The quantitative estimate of drug-likeness (QED) is 0.283. The predicted octanol–water partition coefficient (Wildman–Crippen LogP) is 3.63. The number of nitrogens with two attached hydrogens (primary N) is 1. The highest BCUT2D eigenvalue weighted by atomic mass is 35.5. The average Bonchev–Trinajstić information content (AvgIpc) is 3.13. The van der Waals surface area contributed by atoms with Crippen LogP contribution in [0, 0.1) is 0 Å². The maximum atomic E-state index is 13.3. The number of ketones is 1. The molecule has 36 heavy (non-hydrogen) atoms. The number of ether oxygens (including phenoxy) is 2. The summed E-state index contributed by atoms with van der Waals surface area (Å²) >= 11 is 5.96. The van der Waals surface area contributed by atoms with Crippen LogP contribution in [0.25, 0.3) is 5.76 Å². The predicted molar refractivity (Wildman–Crippen MR) is 134 cm³/mol. The molecule has 3 N–H and O–H groups in total. The molecule has 0 aromatic heterocycles. The lowest BCUT2D eigenvalue weighted by atomic mass is 9.94. The molecule has 9 nitrogen and oxygen atoms in total. The van der Waals surface area contributed by atoms with Crippen molar-refractivity contribution in [2.75, 3.05) is 19.1 Å². The fraction of sp³-hybridized carbons (Fsp3) is 0.120. The van der Waals surface area contributed by atoms with E-state index in [1.807, 2.05) is 0 Å². The number of amides is 1. The van der Waals surface area contributed by atoms with Crippen molar-refractivity contribution in [3.8, 4) is 11.5 Å². The van der Waals surface area contributed by atoms with Crippen LogP contribution in [0.3, 0.4) is 0 Å². The number of nitrogens with zero attached hydrogens (tertiary/aromatic N) is 1. The number of hydrogen-bond acceptors (Lipinski definition) is 7. The Morgan fingerprint density at radius 2 is 1.56 bits per heavy atom. The molecule has 1 aliphatic heterocycles. The zero-order valence-corrected chi connectivity index (χ0v) is 20.7. The van der Waals surface area contributed by atoms with Gasteiger partial charge in [0.25, 0.3) is 11.7 Å². The molecule has 1 saturated heterocycles. The Hall–Kier alpha value is -3.86. The number of aliphatic hydroxyl groups excluding tert-OH is 1. The second-order valence-corrected chi connectivity index (χ2v) is 9.83. The SMILES string of the molecule is COc1ccc(C2C(=C(O)c3ccc(Cl)cc3)C(=O)C(=O)N2c2ccc(S(N)(=O)=O)cc2)cc1OC. The molecule has 1 unspecified atom stereocenters. The number of primary sulfonamides is 1. The number of carbonyl (C=O) groups is 2. The van der Waals surface area contributed by atoms with E-state index in [0.29, 0.717) is 22.1 Å². The van der Waals surface area contributed by atoms with Crippen molar-refractivity contribution in [1.29, 1.82) is 0 Å². The Balaban J connectivity index is 1.95. The first-order chi connectivity index (χ1) is 17.1. The summed E-state index contributed by atoms with van der Waals surface area (Å²) in [5, 5.41) is 16.8. The Morgan fingerprint density at radius 1 is 0.944 bits per heavy atom. The molecule has 0 aliphatic carbocycles. The fourth-order valence-corrected chi connectivity index (χ4v) is 4.64. The van der Waals surface area contributed by atoms with Crippen LogP contribution in [-0.4, -0.2) is 39.4 Å². The summed E-state index contributed by atoms with van der Waals surface area (Å²) in [6, 6.07) is 15.1. The summed E-state index contributed by atoms with van der Waals surface area (Å²) in [6.45, 7) is 0. The van der Waals surface area contributed by atoms with Gasteiger partial charge in [-0.3, -0.25) is 14.5 Å². The summed E-state index contributed by atoms with van der Waals surface area (Å²) in [5.74, 6) is -1.45. The molecular weight excluding hydrogens is 508 g/mol. The lowest BCUT2D eigenvalue weighted by Gasteiger charge is -2.26. The Bertz CT molecular complexity index is 1480. The molecule has 1 amide bonds. The highest BCUT2D eigenvalue weighted by Gasteiger charge is 2.47. The zero-order valence-electron chi connectivity index (χ0n) is 19.1. The fourth-order valence-electron chi connectivity index (χ4n) is 4.00. The molecule has 0 radical (unpaired) electrons. The lowest BCUT2D eigenvalue weighted by molar-refractivity contribution is -0.132. The van der Waals surface area contributed by atoms with Crippen LogP contribution in [-0.2, 0) is 19.6 Å². The third kappa shape index (κ3) is 4.53. The first kappa shape index (κ1) is 25.2. The van der Waals surface area contributed by atoms with Gasteiger partial charge < -0.3 is 14.6 Å². The number of aliphatic hydroxyl groups is 1. The maximum absolute atomic E-state index is 13.3. The number of carbonyl (C=O) groups excluding carboxylic acids is 2. The van der Waals surface area contributed by atoms with Gasteiger partial charge in [-0.05, 0) is 66.2 Å². The minimum atomic E-state index is -3.97. The summed E-state index contributed by atoms with van der Waals surface area (Å²) in [6.07, 6.45) is 0. The largest absolute Gasteiger partial charge is 0.507 e. The van der Waals surface area contributed by atoms with Crippen molar-refractivity contribution < 1.29 is 32.6 Å². The molecule has 4 rings (SSSR count). The van der Waals surface area contributed by atoms with Crippen molar-refractivity contribution in [2.45, 2.75) is 10.9 Å². The minimum Gasteiger partial charge on any atom is -0.507 e. The van der Waals surface area contributed by atoms with E-state index >= 15 is 0 Å². The number of sulfonamides is 1. The van der Waals surface area contributed by atoms with Crippen molar-refractivity contribution in [1.82, 2.24) is 0 Å².